The Morgan fingerprint density at radius 1 is 1.15 bits per heavy atom. The molecule has 134 valence electrons. The second-order valence-corrected chi connectivity index (χ2v) is 6.33. The minimum atomic E-state index is -0.664. The molecule has 8 heteroatoms. The number of benzene rings is 2. The highest BCUT2D eigenvalue weighted by Gasteiger charge is 2.36. The van der Waals surface area contributed by atoms with Crippen LogP contribution in [0.15, 0.2) is 48.5 Å². The van der Waals surface area contributed by atoms with Gasteiger partial charge in [-0.15, -0.1) is 0 Å². The molecule has 0 spiro atoms. The number of hydrogen-bond donors (Lipinski definition) is 0. The van der Waals surface area contributed by atoms with Gasteiger partial charge in [-0.2, -0.15) is 0 Å². The number of nitro groups is 1. The standard InChI is InChI=1S/C18H16ClN3O4/c1-12-17(23)21(16-5-3-2-4-15(16)19)11-10-20(12)18(24)13-6-8-14(9-7-13)22(25)26/h2-9,12H,10-11H2,1H3/t12-/m0/s1. The Balaban J connectivity index is 1.79. The van der Waals surface area contributed by atoms with Gasteiger partial charge in [0, 0.05) is 30.8 Å². The van der Waals surface area contributed by atoms with Gasteiger partial charge in [0.2, 0.25) is 5.91 Å². The van der Waals surface area contributed by atoms with E-state index >= 15 is 0 Å². The van der Waals surface area contributed by atoms with Crippen LogP contribution in [0.3, 0.4) is 0 Å². The Labute approximate surface area is 154 Å². The highest BCUT2D eigenvalue weighted by molar-refractivity contribution is 6.33. The van der Waals surface area contributed by atoms with Gasteiger partial charge in [0.05, 0.1) is 15.6 Å². The molecule has 1 heterocycles. The number of carbonyl (C=O) groups excluding carboxylic acids is 2. The number of carbonyl (C=O) groups is 2. The molecule has 2 aromatic rings. The lowest BCUT2D eigenvalue weighted by atomic mass is 10.1. The minimum Gasteiger partial charge on any atom is -0.325 e. The fraction of sp³-hybridized carbons (Fsp3) is 0.222. The van der Waals surface area contributed by atoms with Crippen molar-refractivity contribution < 1.29 is 14.5 Å². The summed E-state index contributed by atoms with van der Waals surface area (Å²) >= 11 is 6.18. The predicted octanol–water partition coefficient (Wildman–Crippen LogP) is 3.13. The summed E-state index contributed by atoms with van der Waals surface area (Å²) in [5, 5.41) is 11.2. The van der Waals surface area contributed by atoms with E-state index in [1.807, 2.05) is 0 Å². The van der Waals surface area contributed by atoms with E-state index in [1.165, 1.54) is 29.2 Å². The summed E-state index contributed by atoms with van der Waals surface area (Å²) in [5.41, 5.74) is 0.837. The zero-order valence-electron chi connectivity index (χ0n) is 14.0. The lowest BCUT2D eigenvalue weighted by Crippen LogP contribution is -2.57. The van der Waals surface area contributed by atoms with Crippen LogP contribution in [0, 0.1) is 10.1 Å². The fourth-order valence-electron chi connectivity index (χ4n) is 2.95. The fourth-order valence-corrected chi connectivity index (χ4v) is 3.19. The third kappa shape index (κ3) is 3.25. The number of anilines is 1. The number of amides is 2. The van der Waals surface area contributed by atoms with Gasteiger partial charge in [-0.1, -0.05) is 23.7 Å². The first-order chi connectivity index (χ1) is 12.4. The van der Waals surface area contributed by atoms with E-state index in [1.54, 1.807) is 36.1 Å². The topological polar surface area (TPSA) is 83.8 Å². The van der Waals surface area contributed by atoms with Crippen LogP contribution in [0.5, 0.6) is 0 Å². The molecule has 0 N–H and O–H groups in total. The molecule has 0 aliphatic carbocycles. The molecule has 1 fully saturated rings. The molecule has 1 aliphatic rings. The highest BCUT2D eigenvalue weighted by atomic mass is 35.5. The number of piperazine rings is 1. The van der Waals surface area contributed by atoms with Gasteiger partial charge >= 0.3 is 0 Å². The second-order valence-electron chi connectivity index (χ2n) is 5.92. The Kier molecular flexibility index (Phi) is 4.90. The monoisotopic (exact) mass is 373 g/mol. The summed E-state index contributed by atoms with van der Waals surface area (Å²) in [6.07, 6.45) is 0. The number of nitrogens with zero attached hydrogens (tertiary/aromatic N) is 3. The Morgan fingerprint density at radius 3 is 2.42 bits per heavy atom. The van der Waals surface area contributed by atoms with Crippen molar-refractivity contribution in [3.8, 4) is 0 Å². The normalized spacial score (nSPS) is 17.3. The van der Waals surface area contributed by atoms with Crippen molar-refractivity contribution in [3.63, 3.8) is 0 Å². The molecular weight excluding hydrogens is 358 g/mol. The average Bonchev–Trinajstić information content (AvgIpc) is 2.64. The largest absolute Gasteiger partial charge is 0.325 e. The minimum absolute atomic E-state index is 0.0887. The lowest BCUT2D eigenvalue weighted by Gasteiger charge is -2.39. The van der Waals surface area contributed by atoms with Gasteiger partial charge in [-0.25, -0.2) is 0 Å². The van der Waals surface area contributed by atoms with E-state index in [0.29, 0.717) is 29.4 Å². The molecule has 3 rings (SSSR count). The maximum Gasteiger partial charge on any atom is 0.269 e. The van der Waals surface area contributed by atoms with Crippen LogP contribution in [-0.4, -0.2) is 40.8 Å². The third-order valence-electron chi connectivity index (χ3n) is 4.38. The molecule has 1 saturated heterocycles. The first-order valence-corrected chi connectivity index (χ1v) is 8.39. The summed E-state index contributed by atoms with van der Waals surface area (Å²) < 4.78 is 0. The van der Waals surface area contributed by atoms with Crippen molar-refractivity contribution in [1.29, 1.82) is 0 Å². The molecule has 0 unspecified atom stereocenters. The van der Waals surface area contributed by atoms with Gasteiger partial charge in [0.15, 0.2) is 0 Å². The molecule has 2 amide bonds. The van der Waals surface area contributed by atoms with Crippen molar-refractivity contribution >= 4 is 34.8 Å². The summed E-state index contributed by atoms with van der Waals surface area (Å²) in [6, 6.07) is 11.8. The molecular formula is C18H16ClN3O4. The van der Waals surface area contributed by atoms with Crippen LogP contribution in [0.1, 0.15) is 17.3 Å². The molecule has 0 saturated carbocycles. The Bertz CT molecular complexity index is 869. The molecule has 0 radical (unpaired) electrons. The maximum absolute atomic E-state index is 12.8. The zero-order valence-corrected chi connectivity index (χ0v) is 14.7. The molecule has 1 aliphatic heterocycles. The van der Waals surface area contributed by atoms with Crippen molar-refractivity contribution in [2.24, 2.45) is 0 Å². The lowest BCUT2D eigenvalue weighted by molar-refractivity contribution is -0.384. The summed E-state index contributed by atoms with van der Waals surface area (Å²) in [5.74, 6) is -0.556. The van der Waals surface area contributed by atoms with E-state index in [4.69, 9.17) is 11.6 Å². The molecule has 2 aromatic carbocycles. The highest BCUT2D eigenvalue weighted by Crippen LogP contribution is 2.28. The SMILES string of the molecule is C[C@H]1C(=O)N(c2ccccc2Cl)CCN1C(=O)c1ccc([N+](=O)[O-])cc1. The Hall–Kier alpha value is -2.93. The average molecular weight is 374 g/mol. The first kappa shape index (κ1) is 17.9. The summed E-state index contributed by atoms with van der Waals surface area (Å²) in [6.45, 7) is 2.33. The Morgan fingerprint density at radius 2 is 1.81 bits per heavy atom. The quantitative estimate of drug-likeness (QED) is 0.611. The molecule has 0 bridgehead atoms. The van der Waals surface area contributed by atoms with Crippen molar-refractivity contribution in [1.82, 2.24) is 4.90 Å². The van der Waals surface area contributed by atoms with Crippen LogP contribution in [-0.2, 0) is 4.79 Å². The van der Waals surface area contributed by atoms with E-state index < -0.39 is 11.0 Å². The first-order valence-electron chi connectivity index (χ1n) is 8.01. The second kappa shape index (κ2) is 7.13. The van der Waals surface area contributed by atoms with E-state index in [9.17, 15) is 19.7 Å². The van der Waals surface area contributed by atoms with Gasteiger partial charge in [0.1, 0.15) is 6.04 Å². The van der Waals surface area contributed by atoms with Crippen LogP contribution in [0.25, 0.3) is 0 Å². The van der Waals surface area contributed by atoms with Gasteiger partial charge in [-0.3, -0.25) is 19.7 Å². The number of hydrogen-bond acceptors (Lipinski definition) is 4. The van der Waals surface area contributed by atoms with Crippen molar-refractivity contribution in [2.45, 2.75) is 13.0 Å². The molecule has 0 aromatic heterocycles. The summed E-state index contributed by atoms with van der Waals surface area (Å²) in [7, 11) is 0. The van der Waals surface area contributed by atoms with Crippen molar-refractivity contribution in [2.75, 3.05) is 18.0 Å². The molecule has 26 heavy (non-hydrogen) atoms. The predicted molar refractivity (Wildman–Crippen MR) is 97.4 cm³/mol. The van der Waals surface area contributed by atoms with Crippen LogP contribution in [0.2, 0.25) is 5.02 Å². The van der Waals surface area contributed by atoms with Crippen LogP contribution < -0.4 is 4.90 Å². The number of halogens is 1. The van der Waals surface area contributed by atoms with Crippen LogP contribution >= 0.6 is 11.6 Å². The molecule has 1 atom stereocenters. The van der Waals surface area contributed by atoms with Crippen LogP contribution in [0.4, 0.5) is 11.4 Å². The smallest absolute Gasteiger partial charge is 0.269 e. The number of para-hydroxylation sites is 1. The van der Waals surface area contributed by atoms with Gasteiger partial charge < -0.3 is 9.80 Å². The van der Waals surface area contributed by atoms with Gasteiger partial charge in [-0.05, 0) is 31.2 Å². The van der Waals surface area contributed by atoms with Gasteiger partial charge in [0.25, 0.3) is 11.6 Å². The zero-order chi connectivity index (χ0) is 18.8. The van der Waals surface area contributed by atoms with E-state index in [0.717, 1.165) is 0 Å². The molecule has 7 nitrogen and oxygen atoms in total. The van der Waals surface area contributed by atoms with Crippen molar-refractivity contribution in [3.05, 3.63) is 69.2 Å². The van der Waals surface area contributed by atoms with E-state index in [-0.39, 0.29) is 17.5 Å². The summed E-state index contributed by atoms with van der Waals surface area (Å²) in [4.78, 5) is 38.7. The third-order valence-corrected chi connectivity index (χ3v) is 4.70. The maximum atomic E-state index is 12.8. The number of non-ortho nitro benzene ring substituents is 1. The number of rotatable bonds is 3. The van der Waals surface area contributed by atoms with E-state index in [2.05, 4.69) is 0 Å². The number of nitro benzene ring substituents is 1.